The number of pyridine rings is 1. The lowest BCUT2D eigenvalue weighted by Crippen LogP contribution is -2.33. The van der Waals surface area contributed by atoms with Crippen molar-refractivity contribution in [2.45, 2.75) is 151 Å². The molecular formula is C43H67NO6. The van der Waals surface area contributed by atoms with Gasteiger partial charge < -0.3 is 14.2 Å². The van der Waals surface area contributed by atoms with Crippen LogP contribution in [0.4, 0.5) is 0 Å². The van der Waals surface area contributed by atoms with Gasteiger partial charge in [0, 0.05) is 24.0 Å². The SMILES string of the molecule is C=c1ccc(C2C(=O)C3=C(CCC(OCCCCC(=O)OCC(CC)CCCC)=C3)C2=O)n/c1=C(/C)OCC(CC)CCCC.CCC(C)C. The van der Waals surface area contributed by atoms with Crippen LogP contribution in [-0.4, -0.2) is 42.3 Å². The fourth-order valence-electron chi connectivity index (χ4n) is 5.94. The maximum absolute atomic E-state index is 13.5. The maximum Gasteiger partial charge on any atom is 0.305 e. The molecule has 280 valence electrons. The smallest absolute Gasteiger partial charge is 0.305 e. The van der Waals surface area contributed by atoms with Crippen molar-refractivity contribution in [1.29, 1.82) is 0 Å². The van der Waals surface area contributed by atoms with Gasteiger partial charge in [0.2, 0.25) is 0 Å². The lowest BCUT2D eigenvalue weighted by Gasteiger charge is -2.16. The highest BCUT2D eigenvalue weighted by molar-refractivity contribution is 6.29. The molecule has 3 atom stereocenters. The van der Waals surface area contributed by atoms with E-state index in [-0.39, 0.29) is 17.5 Å². The first-order chi connectivity index (χ1) is 24.0. The molecule has 0 aliphatic heterocycles. The van der Waals surface area contributed by atoms with E-state index >= 15 is 0 Å². The lowest BCUT2D eigenvalue weighted by atomic mass is 9.96. The largest absolute Gasteiger partial charge is 0.498 e. The van der Waals surface area contributed by atoms with Crippen LogP contribution in [0.2, 0.25) is 0 Å². The van der Waals surface area contributed by atoms with Crippen LogP contribution >= 0.6 is 0 Å². The van der Waals surface area contributed by atoms with Crippen molar-refractivity contribution in [1.82, 2.24) is 4.98 Å². The second-order valence-corrected chi connectivity index (χ2v) is 14.4. The number of allylic oxidation sites excluding steroid dienone is 4. The Hall–Kier alpha value is -3.22. The second kappa shape index (κ2) is 23.3. The second-order valence-electron chi connectivity index (χ2n) is 14.4. The molecule has 7 nitrogen and oxygen atoms in total. The van der Waals surface area contributed by atoms with Crippen molar-refractivity contribution in [3.05, 3.63) is 51.4 Å². The molecule has 0 amide bonds. The number of nitrogens with zero attached hydrogens (tertiary/aromatic N) is 1. The van der Waals surface area contributed by atoms with E-state index in [4.69, 9.17) is 19.2 Å². The third-order valence-corrected chi connectivity index (χ3v) is 9.95. The topological polar surface area (TPSA) is 91.8 Å². The van der Waals surface area contributed by atoms with Crippen LogP contribution in [0, 0.1) is 17.8 Å². The summed E-state index contributed by atoms with van der Waals surface area (Å²) in [6.07, 6.45) is 14.8. The molecule has 3 unspecified atom stereocenters. The summed E-state index contributed by atoms with van der Waals surface area (Å²) in [5, 5.41) is 1.29. The highest BCUT2D eigenvalue weighted by atomic mass is 16.5. The minimum absolute atomic E-state index is 0.155. The van der Waals surface area contributed by atoms with Gasteiger partial charge in [0.1, 0.15) is 17.0 Å². The van der Waals surface area contributed by atoms with Crippen molar-refractivity contribution in [2.24, 2.45) is 17.8 Å². The average molecular weight is 694 g/mol. The monoisotopic (exact) mass is 693 g/mol. The molecule has 0 N–H and O–H groups in total. The number of ether oxygens (including phenoxy) is 3. The van der Waals surface area contributed by atoms with E-state index in [1.54, 1.807) is 12.1 Å². The zero-order valence-electron chi connectivity index (χ0n) is 32.7. The fraction of sp³-hybridized carbons (Fsp3) is 0.674. The fourth-order valence-corrected chi connectivity index (χ4v) is 5.94. The molecule has 0 aromatic carbocycles. The summed E-state index contributed by atoms with van der Waals surface area (Å²) in [6, 6.07) is 3.54. The van der Waals surface area contributed by atoms with Gasteiger partial charge in [-0.3, -0.25) is 14.4 Å². The number of hydrogen-bond acceptors (Lipinski definition) is 7. The number of carbonyl (C=O) groups excluding carboxylic acids is 3. The van der Waals surface area contributed by atoms with Crippen molar-refractivity contribution in [3.63, 3.8) is 0 Å². The molecule has 2 aliphatic carbocycles. The Kier molecular flexibility index (Phi) is 20.0. The molecule has 1 aromatic heterocycles. The zero-order chi connectivity index (χ0) is 37.1. The molecule has 0 bridgehead atoms. The summed E-state index contributed by atoms with van der Waals surface area (Å²) >= 11 is 0. The number of rotatable bonds is 21. The molecule has 0 fully saturated rings. The van der Waals surface area contributed by atoms with Gasteiger partial charge in [0.15, 0.2) is 11.6 Å². The maximum atomic E-state index is 13.5. The Morgan fingerprint density at radius 3 is 2.06 bits per heavy atom. The summed E-state index contributed by atoms with van der Waals surface area (Å²) in [7, 11) is 0. The summed E-state index contributed by atoms with van der Waals surface area (Å²) in [6.45, 7) is 22.9. The summed E-state index contributed by atoms with van der Waals surface area (Å²) in [5.74, 6) is 1.64. The molecule has 2 aliphatic rings. The molecule has 50 heavy (non-hydrogen) atoms. The normalized spacial score (nSPS) is 17.5. The third-order valence-electron chi connectivity index (χ3n) is 9.95. The van der Waals surface area contributed by atoms with Gasteiger partial charge in [0.25, 0.3) is 0 Å². The number of carbonyl (C=O) groups is 3. The van der Waals surface area contributed by atoms with Gasteiger partial charge in [-0.05, 0) is 74.1 Å². The van der Waals surface area contributed by atoms with Gasteiger partial charge in [-0.2, -0.15) is 0 Å². The number of aromatic nitrogens is 1. The van der Waals surface area contributed by atoms with Crippen LogP contribution < -0.4 is 10.6 Å². The summed E-state index contributed by atoms with van der Waals surface area (Å²) in [5.41, 5.74) is 1.43. The van der Waals surface area contributed by atoms with E-state index in [9.17, 15) is 14.4 Å². The number of hydrogen-bond donors (Lipinski definition) is 0. The first kappa shape index (κ1) is 42.9. The molecular weight excluding hydrogens is 626 g/mol. The van der Waals surface area contributed by atoms with Gasteiger partial charge in [-0.1, -0.05) is 106 Å². The highest BCUT2D eigenvalue weighted by Crippen LogP contribution is 2.38. The van der Waals surface area contributed by atoms with Crippen LogP contribution in [0.5, 0.6) is 0 Å². The Bertz CT molecular complexity index is 1410. The van der Waals surface area contributed by atoms with Crippen LogP contribution in [0.15, 0.2) is 35.1 Å². The first-order valence-electron chi connectivity index (χ1n) is 19.6. The molecule has 3 rings (SSSR count). The quantitative estimate of drug-likeness (QED) is 0.0721. The number of Topliss-reactive ketones (excluding diaryl/α,β-unsaturated/α-hetero) is 2. The van der Waals surface area contributed by atoms with Crippen molar-refractivity contribution >= 4 is 29.9 Å². The first-order valence-corrected chi connectivity index (χ1v) is 19.6. The standard InChI is InChI=1S/C38H55NO6.C5H12/c1-7-11-15-28(9-3)24-44-27(6)36-26(5)18-21-33(39-36)35-37(41)31-20-19-30(23-32(31)38(35)42)43-22-14-13-17-34(40)45-25-29(10-4)16-12-8-2;1-4-5(2)3/h18,21,23,28-29,35H,5,7-17,19-20,22,24-25H2,1-4,6H3;5H,4H2,1-3H3/b36-27-;. The van der Waals surface area contributed by atoms with Gasteiger partial charge in [-0.25, -0.2) is 4.98 Å². The van der Waals surface area contributed by atoms with E-state index in [1.165, 1.54) is 12.8 Å². The molecule has 0 saturated heterocycles. The van der Waals surface area contributed by atoms with Crippen LogP contribution in [-0.2, 0) is 28.6 Å². The minimum Gasteiger partial charge on any atom is -0.498 e. The highest BCUT2D eigenvalue weighted by Gasteiger charge is 2.43. The molecule has 1 heterocycles. The van der Waals surface area contributed by atoms with E-state index in [0.29, 0.717) is 103 Å². The van der Waals surface area contributed by atoms with E-state index in [2.05, 4.69) is 55.0 Å². The van der Waals surface area contributed by atoms with Crippen molar-refractivity contribution in [3.8, 4) is 0 Å². The number of unbranched alkanes of at least 4 members (excludes halogenated alkanes) is 3. The third kappa shape index (κ3) is 13.8. The van der Waals surface area contributed by atoms with Gasteiger partial charge in [-0.15, -0.1) is 0 Å². The van der Waals surface area contributed by atoms with Gasteiger partial charge >= 0.3 is 5.97 Å². The molecule has 0 saturated carbocycles. The average Bonchev–Trinajstić information content (AvgIpc) is 3.36. The predicted octanol–water partition coefficient (Wildman–Crippen LogP) is 9.06. The minimum atomic E-state index is -0.953. The number of esters is 1. The van der Waals surface area contributed by atoms with E-state index in [1.807, 2.05) is 13.0 Å². The van der Waals surface area contributed by atoms with Gasteiger partial charge in [0.05, 0.1) is 31.3 Å². The van der Waals surface area contributed by atoms with E-state index < -0.39 is 5.92 Å². The van der Waals surface area contributed by atoms with Crippen LogP contribution in [0.1, 0.15) is 157 Å². The lowest BCUT2D eigenvalue weighted by molar-refractivity contribution is -0.145. The van der Waals surface area contributed by atoms with Crippen LogP contribution in [0.3, 0.4) is 0 Å². The molecule has 1 aromatic rings. The summed E-state index contributed by atoms with van der Waals surface area (Å²) < 4.78 is 17.6. The Morgan fingerprint density at radius 2 is 1.48 bits per heavy atom. The Balaban J connectivity index is 0.00000161. The van der Waals surface area contributed by atoms with E-state index in [0.717, 1.165) is 50.9 Å². The predicted molar refractivity (Wildman–Crippen MR) is 204 cm³/mol. The Labute approximate surface area is 303 Å². The molecule has 7 heteroatoms. The molecule has 0 radical (unpaired) electrons. The number of ketones is 2. The van der Waals surface area contributed by atoms with Crippen molar-refractivity contribution in [2.75, 3.05) is 19.8 Å². The van der Waals surface area contributed by atoms with Crippen molar-refractivity contribution < 1.29 is 28.6 Å². The zero-order valence-corrected chi connectivity index (χ0v) is 32.7. The summed E-state index contributed by atoms with van der Waals surface area (Å²) in [4.78, 5) is 43.9. The van der Waals surface area contributed by atoms with Crippen LogP contribution in [0.25, 0.3) is 12.3 Å². The Morgan fingerprint density at radius 1 is 0.860 bits per heavy atom. The molecule has 0 spiro atoms.